The number of hydrogen-bond acceptors (Lipinski definition) is 4. The Morgan fingerprint density at radius 1 is 1.29 bits per heavy atom. The van der Waals surface area contributed by atoms with E-state index in [1.54, 1.807) is 24.4 Å². The van der Waals surface area contributed by atoms with Crippen LogP contribution < -0.4 is 10.2 Å². The summed E-state index contributed by atoms with van der Waals surface area (Å²) in [5.41, 5.74) is 0.765. The van der Waals surface area contributed by atoms with Crippen LogP contribution in [0.15, 0.2) is 30.6 Å². The highest BCUT2D eigenvalue weighted by atomic mass is 19.4. The fourth-order valence-electron chi connectivity index (χ4n) is 4.26. The minimum absolute atomic E-state index is 0.0672. The largest absolute Gasteiger partial charge is 0.434 e. The van der Waals surface area contributed by atoms with Gasteiger partial charge in [-0.05, 0) is 44.2 Å². The fourth-order valence-corrected chi connectivity index (χ4v) is 4.26. The van der Waals surface area contributed by atoms with Crippen LogP contribution >= 0.6 is 0 Å². The van der Waals surface area contributed by atoms with Crippen LogP contribution in [0.1, 0.15) is 54.4 Å². The third-order valence-electron chi connectivity index (χ3n) is 6.02. The number of pyridine rings is 1. The number of rotatable bonds is 5. The molecule has 2 N–H and O–H groups in total. The van der Waals surface area contributed by atoms with Gasteiger partial charge >= 0.3 is 6.18 Å². The number of H-pyrrole nitrogens is 1. The van der Waals surface area contributed by atoms with E-state index in [1.165, 1.54) is 4.40 Å². The summed E-state index contributed by atoms with van der Waals surface area (Å²) in [4.78, 5) is 18.3. The van der Waals surface area contributed by atoms with Crippen molar-refractivity contribution in [2.45, 2.75) is 57.3 Å². The number of hydrogen-bond donors (Lipinski definition) is 2. The topological polar surface area (TPSA) is 78.3 Å². The number of aryl methyl sites for hydroxylation is 1. The lowest BCUT2D eigenvalue weighted by Gasteiger charge is -2.36. The summed E-state index contributed by atoms with van der Waals surface area (Å²) in [6, 6.07) is 5.32. The number of aromatic amines is 1. The first-order valence-corrected chi connectivity index (χ1v) is 10.4. The number of aromatic nitrogens is 4. The first kappa shape index (κ1) is 21.2. The summed E-state index contributed by atoms with van der Waals surface area (Å²) >= 11 is 0. The standard InChI is InChI=1S/C21H25F3N6O/c1-3-16-15(11-25-28-16)20(31)26-13-7-9-14(10-8-13)29(2)19-6-4-5-18-27-17(12-30(18)19)21(22,23)24/h4-6,11-14H,3,7-10H2,1-2H3,(H,25,28)(H,26,31). The molecule has 3 aromatic rings. The van der Waals surface area contributed by atoms with E-state index in [0.717, 1.165) is 37.6 Å². The number of imidazole rings is 1. The van der Waals surface area contributed by atoms with Crippen molar-refractivity contribution < 1.29 is 18.0 Å². The van der Waals surface area contributed by atoms with Gasteiger partial charge in [0.1, 0.15) is 11.5 Å². The van der Waals surface area contributed by atoms with Crippen LogP contribution in [-0.2, 0) is 12.6 Å². The predicted molar refractivity (Wildman–Crippen MR) is 110 cm³/mol. The summed E-state index contributed by atoms with van der Waals surface area (Å²) in [7, 11) is 1.89. The van der Waals surface area contributed by atoms with E-state index < -0.39 is 11.9 Å². The molecular formula is C21H25F3N6O. The van der Waals surface area contributed by atoms with Crippen LogP contribution in [0.25, 0.3) is 5.65 Å². The van der Waals surface area contributed by atoms with Gasteiger partial charge in [0.15, 0.2) is 5.69 Å². The van der Waals surface area contributed by atoms with Crippen molar-refractivity contribution in [1.29, 1.82) is 0 Å². The Morgan fingerprint density at radius 2 is 2.03 bits per heavy atom. The van der Waals surface area contributed by atoms with Gasteiger partial charge in [-0.25, -0.2) is 4.98 Å². The van der Waals surface area contributed by atoms with Crippen LogP contribution in [0.4, 0.5) is 19.0 Å². The van der Waals surface area contributed by atoms with Gasteiger partial charge in [-0.15, -0.1) is 0 Å². The zero-order valence-corrected chi connectivity index (χ0v) is 17.4. The van der Waals surface area contributed by atoms with E-state index in [-0.39, 0.29) is 23.6 Å². The molecule has 0 radical (unpaired) electrons. The quantitative estimate of drug-likeness (QED) is 0.640. The molecule has 4 rings (SSSR count). The van der Waals surface area contributed by atoms with E-state index in [1.807, 2.05) is 18.9 Å². The summed E-state index contributed by atoms with van der Waals surface area (Å²) in [6.45, 7) is 1.96. The SMILES string of the molecule is CCc1[nH]ncc1C(=O)NC1CCC(N(C)c2cccc3nc(C(F)(F)F)cn23)CC1. The highest BCUT2D eigenvalue weighted by Gasteiger charge is 2.34. The summed E-state index contributed by atoms with van der Waals surface area (Å²) in [5.74, 6) is 0.546. The molecule has 31 heavy (non-hydrogen) atoms. The monoisotopic (exact) mass is 434 g/mol. The van der Waals surface area contributed by atoms with E-state index in [4.69, 9.17) is 0 Å². The predicted octanol–water partition coefficient (Wildman–Crippen LogP) is 3.82. The number of halogens is 3. The second-order valence-corrected chi connectivity index (χ2v) is 7.94. The normalized spacial score (nSPS) is 19.5. The van der Waals surface area contributed by atoms with E-state index >= 15 is 0 Å². The van der Waals surface area contributed by atoms with E-state index in [9.17, 15) is 18.0 Å². The first-order valence-electron chi connectivity index (χ1n) is 10.4. The minimum Gasteiger partial charge on any atom is -0.358 e. The van der Waals surface area contributed by atoms with Crippen LogP contribution in [0, 0.1) is 0 Å². The average molecular weight is 434 g/mol. The number of alkyl halides is 3. The number of nitrogens with zero attached hydrogens (tertiary/aromatic N) is 4. The Morgan fingerprint density at radius 3 is 2.71 bits per heavy atom. The Balaban J connectivity index is 1.42. The minimum atomic E-state index is -4.48. The third-order valence-corrected chi connectivity index (χ3v) is 6.02. The van der Waals surface area contributed by atoms with Crippen molar-refractivity contribution in [1.82, 2.24) is 24.9 Å². The number of nitrogens with one attached hydrogen (secondary N) is 2. The van der Waals surface area contributed by atoms with Crippen LogP contribution in [-0.4, -0.2) is 44.6 Å². The Bertz CT molecular complexity index is 1060. The lowest BCUT2D eigenvalue weighted by molar-refractivity contribution is -0.140. The zero-order valence-electron chi connectivity index (χ0n) is 17.4. The molecule has 1 saturated carbocycles. The highest BCUT2D eigenvalue weighted by Crippen LogP contribution is 2.31. The van der Waals surface area contributed by atoms with Crippen molar-refractivity contribution in [3.8, 4) is 0 Å². The second-order valence-electron chi connectivity index (χ2n) is 7.94. The summed E-state index contributed by atoms with van der Waals surface area (Å²) in [6.07, 6.45) is 2.07. The molecule has 0 aliphatic heterocycles. The second kappa shape index (κ2) is 8.24. The first-order chi connectivity index (χ1) is 14.8. The molecule has 7 nitrogen and oxygen atoms in total. The molecule has 3 aromatic heterocycles. The summed E-state index contributed by atoms with van der Waals surface area (Å²) in [5, 5.41) is 9.88. The maximum absolute atomic E-state index is 13.1. The number of carbonyl (C=O) groups excluding carboxylic acids is 1. The van der Waals surface area contributed by atoms with Crippen molar-refractivity contribution in [2.24, 2.45) is 0 Å². The van der Waals surface area contributed by atoms with E-state index in [2.05, 4.69) is 20.5 Å². The molecule has 1 aliphatic carbocycles. The summed E-state index contributed by atoms with van der Waals surface area (Å²) < 4.78 is 40.7. The fraction of sp³-hybridized carbons (Fsp3) is 0.476. The van der Waals surface area contributed by atoms with Crippen LogP contribution in [0.5, 0.6) is 0 Å². The third kappa shape index (κ3) is 4.24. The Hall–Kier alpha value is -3.04. The smallest absolute Gasteiger partial charge is 0.358 e. The van der Waals surface area contributed by atoms with Gasteiger partial charge in [-0.1, -0.05) is 13.0 Å². The lowest BCUT2D eigenvalue weighted by atomic mass is 9.90. The highest BCUT2D eigenvalue weighted by molar-refractivity contribution is 5.95. The molecule has 0 unspecified atom stereocenters. The maximum Gasteiger partial charge on any atom is 0.434 e. The van der Waals surface area contributed by atoms with Gasteiger partial charge in [0.2, 0.25) is 0 Å². The molecule has 1 amide bonds. The molecule has 0 aromatic carbocycles. The van der Waals surface area contributed by atoms with Gasteiger partial charge in [-0.3, -0.25) is 14.3 Å². The molecule has 1 aliphatic rings. The molecule has 3 heterocycles. The average Bonchev–Trinajstić information content (AvgIpc) is 3.40. The number of anilines is 1. The molecule has 0 atom stereocenters. The van der Waals surface area contributed by atoms with Gasteiger partial charge < -0.3 is 10.2 Å². The van der Waals surface area contributed by atoms with Gasteiger partial charge in [0.25, 0.3) is 5.91 Å². The maximum atomic E-state index is 13.1. The molecule has 0 saturated heterocycles. The van der Waals surface area contributed by atoms with Crippen LogP contribution in [0.2, 0.25) is 0 Å². The van der Waals surface area contributed by atoms with E-state index in [0.29, 0.717) is 17.8 Å². The molecule has 166 valence electrons. The number of carbonyl (C=O) groups is 1. The van der Waals surface area contributed by atoms with Gasteiger partial charge in [0.05, 0.1) is 11.8 Å². The molecule has 0 bridgehead atoms. The van der Waals surface area contributed by atoms with Crippen molar-refractivity contribution in [2.75, 3.05) is 11.9 Å². The Labute approximate surface area is 177 Å². The zero-order chi connectivity index (χ0) is 22.2. The van der Waals surface area contributed by atoms with Gasteiger partial charge in [-0.2, -0.15) is 18.3 Å². The van der Waals surface area contributed by atoms with Crippen molar-refractivity contribution in [3.63, 3.8) is 0 Å². The lowest BCUT2D eigenvalue weighted by Crippen LogP contribution is -2.43. The van der Waals surface area contributed by atoms with Crippen molar-refractivity contribution >= 4 is 17.4 Å². The molecule has 10 heteroatoms. The molecular weight excluding hydrogens is 409 g/mol. The Kier molecular flexibility index (Phi) is 5.63. The molecule has 1 fully saturated rings. The number of fused-ring (bicyclic) bond motifs is 1. The molecule has 0 spiro atoms. The van der Waals surface area contributed by atoms with Crippen molar-refractivity contribution in [3.05, 3.63) is 47.5 Å². The van der Waals surface area contributed by atoms with Gasteiger partial charge in [0, 0.05) is 31.0 Å². The van der Waals surface area contributed by atoms with Crippen LogP contribution in [0.3, 0.4) is 0 Å². The number of amides is 1.